The van der Waals surface area contributed by atoms with Crippen LogP contribution in [-0.2, 0) is 0 Å². The second-order valence-corrected chi connectivity index (χ2v) is 3.94. The molecule has 2 aliphatic heterocycles. The predicted octanol–water partition coefficient (Wildman–Crippen LogP) is -0.195. The van der Waals surface area contributed by atoms with Gasteiger partial charge >= 0.3 is 0 Å². The first-order valence-corrected chi connectivity index (χ1v) is 4.99. The van der Waals surface area contributed by atoms with E-state index in [4.69, 9.17) is 0 Å². The summed E-state index contributed by atoms with van der Waals surface area (Å²) in [6, 6.07) is 0.691. The molecule has 0 aromatic heterocycles. The lowest BCUT2D eigenvalue weighted by atomic mass is 10.1. The fourth-order valence-corrected chi connectivity index (χ4v) is 2.24. The lowest BCUT2D eigenvalue weighted by molar-refractivity contribution is 0.147. The Hall–Kier alpha value is -0.120. The van der Waals surface area contributed by atoms with Crippen LogP contribution in [0.4, 0.5) is 0 Å². The minimum Gasteiger partial charge on any atom is -0.392 e. The fraction of sp³-hybridized carbons (Fsp3) is 1.00. The molecule has 12 heavy (non-hydrogen) atoms. The first-order valence-electron chi connectivity index (χ1n) is 4.99. The third-order valence-corrected chi connectivity index (χ3v) is 2.98. The van der Waals surface area contributed by atoms with E-state index in [1.54, 1.807) is 0 Å². The van der Waals surface area contributed by atoms with Gasteiger partial charge in [0.15, 0.2) is 0 Å². The minimum atomic E-state index is -0.0630. The molecule has 0 amide bonds. The van der Waals surface area contributed by atoms with E-state index in [0.29, 0.717) is 6.04 Å². The summed E-state index contributed by atoms with van der Waals surface area (Å²) in [6.07, 6.45) is 3.50. The number of nitrogens with zero attached hydrogens (tertiary/aromatic N) is 1. The number of β-amino-alcohol motifs (C(OH)–C–C–N with tert-alkyl or cyclic N) is 1. The number of aliphatic hydroxyl groups is 1. The standard InChI is InChI=1S/C9H18N2O/c12-9-3-5-11(7-9)8-2-1-4-10-6-8/h8-10,12H,1-7H2. The van der Waals surface area contributed by atoms with Crippen LogP contribution in [0.5, 0.6) is 0 Å². The molecule has 0 aliphatic carbocycles. The Morgan fingerprint density at radius 1 is 1.33 bits per heavy atom. The first-order chi connectivity index (χ1) is 5.86. The van der Waals surface area contributed by atoms with Gasteiger partial charge in [0, 0.05) is 25.7 Å². The molecule has 2 rings (SSSR count). The first kappa shape index (κ1) is 8.48. The zero-order chi connectivity index (χ0) is 8.39. The van der Waals surface area contributed by atoms with Crippen molar-refractivity contribution in [1.82, 2.24) is 10.2 Å². The molecule has 3 heteroatoms. The van der Waals surface area contributed by atoms with Crippen molar-refractivity contribution in [2.24, 2.45) is 0 Å². The average Bonchev–Trinajstić information content (AvgIpc) is 2.54. The van der Waals surface area contributed by atoms with E-state index < -0.39 is 0 Å². The normalized spacial score (nSPS) is 38.8. The lowest BCUT2D eigenvalue weighted by Gasteiger charge is -2.31. The molecule has 0 spiro atoms. The molecule has 2 atom stereocenters. The number of likely N-dealkylation sites (tertiary alicyclic amines) is 1. The van der Waals surface area contributed by atoms with E-state index in [0.717, 1.165) is 26.1 Å². The van der Waals surface area contributed by atoms with Crippen LogP contribution in [0.25, 0.3) is 0 Å². The van der Waals surface area contributed by atoms with Crippen molar-refractivity contribution in [3.63, 3.8) is 0 Å². The Bertz CT molecular complexity index is 143. The van der Waals surface area contributed by atoms with Crippen LogP contribution >= 0.6 is 0 Å². The van der Waals surface area contributed by atoms with Crippen molar-refractivity contribution >= 4 is 0 Å². The number of hydrogen-bond donors (Lipinski definition) is 2. The summed E-state index contributed by atoms with van der Waals surface area (Å²) >= 11 is 0. The molecule has 70 valence electrons. The van der Waals surface area contributed by atoms with Crippen molar-refractivity contribution in [1.29, 1.82) is 0 Å². The SMILES string of the molecule is OC1CCN(C2CCCNC2)C1. The van der Waals surface area contributed by atoms with E-state index >= 15 is 0 Å². The van der Waals surface area contributed by atoms with Crippen LogP contribution in [0.2, 0.25) is 0 Å². The smallest absolute Gasteiger partial charge is 0.0679 e. The monoisotopic (exact) mass is 170 g/mol. The molecule has 0 aromatic carbocycles. The van der Waals surface area contributed by atoms with Gasteiger partial charge in [0.25, 0.3) is 0 Å². The molecule has 2 fully saturated rings. The maximum Gasteiger partial charge on any atom is 0.0679 e. The molecule has 2 aliphatic rings. The third-order valence-electron chi connectivity index (χ3n) is 2.98. The molecule has 2 unspecified atom stereocenters. The zero-order valence-electron chi connectivity index (χ0n) is 7.50. The molecule has 0 aromatic rings. The molecule has 0 radical (unpaired) electrons. The summed E-state index contributed by atoms with van der Waals surface area (Å²) in [6.45, 7) is 4.28. The van der Waals surface area contributed by atoms with E-state index in [-0.39, 0.29) is 6.10 Å². The summed E-state index contributed by atoms with van der Waals surface area (Å²) in [7, 11) is 0. The minimum absolute atomic E-state index is 0.0630. The van der Waals surface area contributed by atoms with Gasteiger partial charge in [0.05, 0.1) is 6.10 Å². The van der Waals surface area contributed by atoms with Crippen molar-refractivity contribution in [3.8, 4) is 0 Å². The van der Waals surface area contributed by atoms with Crippen LogP contribution in [-0.4, -0.2) is 48.3 Å². The maximum atomic E-state index is 9.37. The van der Waals surface area contributed by atoms with Crippen LogP contribution in [0.15, 0.2) is 0 Å². The van der Waals surface area contributed by atoms with Gasteiger partial charge in [-0.1, -0.05) is 0 Å². The second kappa shape index (κ2) is 3.73. The van der Waals surface area contributed by atoms with Crippen LogP contribution in [0.1, 0.15) is 19.3 Å². The van der Waals surface area contributed by atoms with Gasteiger partial charge in [-0.05, 0) is 25.8 Å². The number of piperidine rings is 1. The Morgan fingerprint density at radius 3 is 2.83 bits per heavy atom. The highest BCUT2D eigenvalue weighted by atomic mass is 16.3. The number of hydrogen-bond acceptors (Lipinski definition) is 3. The summed E-state index contributed by atoms with van der Waals surface area (Å²) in [5, 5.41) is 12.8. The van der Waals surface area contributed by atoms with E-state index in [2.05, 4.69) is 10.2 Å². The molecule has 0 bridgehead atoms. The number of rotatable bonds is 1. The molecular weight excluding hydrogens is 152 g/mol. The third kappa shape index (κ3) is 1.79. The fourth-order valence-electron chi connectivity index (χ4n) is 2.24. The molecule has 2 N–H and O–H groups in total. The van der Waals surface area contributed by atoms with Gasteiger partial charge < -0.3 is 10.4 Å². The Morgan fingerprint density at radius 2 is 2.25 bits per heavy atom. The maximum absolute atomic E-state index is 9.37. The summed E-state index contributed by atoms with van der Waals surface area (Å²) in [5.41, 5.74) is 0. The Labute approximate surface area is 73.8 Å². The van der Waals surface area contributed by atoms with Crippen molar-refractivity contribution in [2.45, 2.75) is 31.4 Å². The van der Waals surface area contributed by atoms with E-state index in [9.17, 15) is 5.11 Å². The average molecular weight is 170 g/mol. The quantitative estimate of drug-likeness (QED) is 0.572. The lowest BCUT2D eigenvalue weighted by Crippen LogP contribution is -2.45. The zero-order valence-corrected chi connectivity index (χ0v) is 7.50. The van der Waals surface area contributed by atoms with Gasteiger partial charge in [0.1, 0.15) is 0 Å². The van der Waals surface area contributed by atoms with Crippen LogP contribution < -0.4 is 5.32 Å². The van der Waals surface area contributed by atoms with Crippen molar-refractivity contribution in [3.05, 3.63) is 0 Å². The van der Waals surface area contributed by atoms with E-state index in [1.165, 1.54) is 19.4 Å². The highest BCUT2D eigenvalue weighted by Crippen LogP contribution is 2.16. The van der Waals surface area contributed by atoms with Crippen molar-refractivity contribution < 1.29 is 5.11 Å². The van der Waals surface area contributed by atoms with Gasteiger partial charge in [0.2, 0.25) is 0 Å². The number of nitrogens with one attached hydrogen (secondary N) is 1. The summed E-state index contributed by atoms with van der Waals surface area (Å²) < 4.78 is 0. The molecule has 0 saturated carbocycles. The number of aliphatic hydroxyl groups excluding tert-OH is 1. The molecule has 3 nitrogen and oxygen atoms in total. The van der Waals surface area contributed by atoms with Gasteiger partial charge in [-0.3, -0.25) is 4.90 Å². The topological polar surface area (TPSA) is 35.5 Å². The summed E-state index contributed by atoms with van der Waals surface area (Å²) in [4.78, 5) is 2.43. The predicted molar refractivity (Wildman–Crippen MR) is 48.1 cm³/mol. The second-order valence-electron chi connectivity index (χ2n) is 3.94. The Balaban J connectivity index is 1.83. The summed E-state index contributed by atoms with van der Waals surface area (Å²) in [5.74, 6) is 0. The van der Waals surface area contributed by atoms with E-state index in [1.807, 2.05) is 0 Å². The van der Waals surface area contributed by atoms with Gasteiger partial charge in [-0.15, -0.1) is 0 Å². The van der Waals surface area contributed by atoms with Crippen molar-refractivity contribution in [2.75, 3.05) is 26.2 Å². The largest absolute Gasteiger partial charge is 0.392 e. The highest BCUT2D eigenvalue weighted by molar-refractivity contribution is 4.84. The molecule has 2 saturated heterocycles. The van der Waals surface area contributed by atoms with Gasteiger partial charge in [-0.2, -0.15) is 0 Å². The van der Waals surface area contributed by atoms with Crippen LogP contribution in [0, 0.1) is 0 Å². The van der Waals surface area contributed by atoms with Gasteiger partial charge in [-0.25, -0.2) is 0 Å². The molecule has 2 heterocycles. The molecular formula is C9H18N2O. The highest BCUT2D eigenvalue weighted by Gasteiger charge is 2.27. The van der Waals surface area contributed by atoms with Crippen LogP contribution in [0.3, 0.4) is 0 Å². The Kier molecular flexibility index (Phi) is 2.63.